The second-order valence-corrected chi connectivity index (χ2v) is 8.58. The van der Waals surface area contributed by atoms with Crippen molar-refractivity contribution in [3.63, 3.8) is 0 Å². The normalized spacial score (nSPS) is 19.3. The Hall–Kier alpha value is -1.54. The third-order valence-corrected chi connectivity index (χ3v) is 6.71. The third-order valence-electron chi connectivity index (χ3n) is 4.65. The van der Waals surface area contributed by atoms with Crippen LogP contribution in [0.15, 0.2) is 17.5 Å². The minimum absolute atomic E-state index is 0.192. The number of urea groups is 1. The zero-order valence-electron chi connectivity index (χ0n) is 14.1. The van der Waals surface area contributed by atoms with Gasteiger partial charge in [0.05, 0.1) is 0 Å². The van der Waals surface area contributed by atoms with Gasteiger partial charge < -0.3 is 10.6 Å². The van der Waals surface area contributed by atoms with E-state index in [0.29, 0.717) is 19.4 Å². The first-order chi connectivity index (χ1) is 12.1. The van der Waals surface area contributed by atoms with Crippen LogP contribution in [-0.2, 0) is 15.3 Å². The lowest BCUT2D eigenvalue weighted by atomic mass is 9.82. The molecule has 3 rings (SSSR count). The fraction of sp³-hybridized carbons (Fsp3) is 0.588. The molecule has 0 unspecified atom stereocenters. The summed E-state index contributed by atoms with van der Waals surface area (Å²) in [4.78, 5) is 39.2. The molecule has 4 amide bonds. The maximum Gasteiger partial charge on any atom is 0.325 e. The number of nitrogens with zero attached hydrogens (tertiary/aromatic N) is 1. The van der Waals surface area contributed by atoms with Crippen molar-refractivity contribution in [2.45, 2.75) is 43.4 Å². The zero-order valence-corrected chi connectivity index (χ0v) is 15.7. The summed E-state index contributed by atoms with van der Waals surface area (Å²) in [6.45, 7) is 0.339. The second kappa shape index (κ2) is 8.23. The van der Waals surface area contributed by atoms with Crippen LogP contribution in [-0.4, -0.2) is 47.1 Å². The molecule has 0 atom stereocenters. The van der Waals surface area contributed by atoms with Crippen LogP contribution in [0.3, 0.4) is 0 Å². The fourth-order valence-electron chi connectivity index (χ4n) is 3.34. The molecule has 2 N–H and O–H groups in total. The number of rotatable bonds is 7. The Kier molecular flexibility index (Phi) is 6.01. The number of nitrogens with one attached hydrogen (secondary N) is 2. The van der Waals surface area contributed by atoms with E-state index < -0.39 is 11.6 Å². The number of hydrogen-bond acceptors (Lipinski definition) is 5. The summed E-state index contributed by atoms with van der Waals surface area (Å²) >= 11 is 3.47. The highest BCUT2D eigenvalue weighted by Crippen LogP contribution is 2.33. The Morgan fingerprint density at radius 3 is 2.84 bits per heavy atom. The Labute approximate surface area is 155 Å². The molecule has 1 spiro atoms. The largest absolute Gasteiger partial charge is 0.354 e. The fourth-order valence-corrected chi connectivity index (χ4v) is 5.04. The number of thioether (sulfide) groups is 1. The van der Waals surface area contributed by atoms with Gasteiger partial charge in [0, 0.05) is 22.9 Å². The van der Waals surface area contributed by atoms with E-state index in [1.165, 1.54) is 4.88 Å². The number of imide groups is 1. The summed E-state index contributed by atoms with van der Waals surface area (Å²) in [5.41, 5.74) is -0.758. The van der Waals surface area contributed by atoms with E-state index in [2.05, 4.69) is 22.1 Å². The van der Waals surface area contributed by atoms with Gasteiger partial charge in [-0.25, -0.2) is 4.79 Å². The molecule has 1 aliphatic carbocycles. The SMILES string of the molecule is O=C(CN1C(=O)NC2(CCCCC2)C1=O)NCCSCc1cccs1. The van der Waals surface area contributed by atoms with E-state index in [-0.39, 0.29) is 18.4 Å². The van der Waals surface area contributed by atoms with Crippen LogP contribution in [0.25, 0.3) is 0 Å². The number of carbonyl (C=O) groups is 3. The summed E-state index contributed by atoms with van der Waals surface area (Å²) in [5, 5.41) is 7.66. The van der Waals surface area contributed by atoms with Crippen LogP contribution in [0.4, 0.5) is 4.79 Å². The van der Waals surface area contributed by atoms with Gasteiger partial charge in [0.15, 0.2) is 0 Å². The third kappa shape index (κ3) is 4.36. The average Bonchev–Trinajstić information content (AvgIpc) is 3.19. The van der Waals surface area contributed by atoms with Crippen LogP contribution >= 0.6 is 23.1 Å². The number of thiophene rings is 1. The molecule has 1 aromatic heterocycles. The lowest BCUT2D eigenvalue weighted by Gasteiger charge is -2.30. The number of carbonyl (C=O) groups excluding carboxylic acids is 3. The van der Waals surface area contributed by atoms with Gasteiger partial charge in [-0.3, -0.25) is 14.5 Å². The van der Waals surface area contributed by atoms with Crippen LogP contribution < -0.4 is 10.6 Å². The van der Waals surface area contributed by atoms with Crippen molar-refractivity contribution in [2.75, 3.05) is 18.8 Å². The molecule has 2 fully saturated rings. The van der Waals surface area contributed by atoms with Crippen molar-refractivity contribution in [1.82, 2.24) is 15.5 Å². The van der Waals surface area contributed by atoms with Crippen molar-refractivity contribution in [3.8, 4) is 0 Å². The van der Waals surface area contributed by atoms with E-state index in [0.717, 1.165) is 35.7 Å². The second-order valence-electron chi connectivity index (χ2n) is 6.45. The number of amides is 4. The molecule has 136 valence electrons. The van der Waals surface area contributed by atoms with Gasteiger partial charge >= 0.3 is 6.03 Å². The zero-order chi connectivity index (χ0) is 17.7. The van der Waals surface area contributed by atoms with Crippen molar-refractivity contribution in [2.24, 2.45) is 0 Å². The van der Waals surface area contributed by atoms with Gasteiger partial charge in [-0.1, -0.05) is 25.3 Å². The number of hydrogen-bond donors (Lipinski definition) is 2. The van der Waals surface area contributed by atoms with Gasteiger partial charge in [0.2, 0.25) is 5.91 Å². The first kappa shape index (κ1) is 18.3. The monoisotopic (exact) mass is 381 g/mol. The minimum atomic E-state index is -0.758. The standard InChI is InChI=1S/C17H23N3O3S2/c21-14(18-8-10-24-12-13-5-4-9-25-13)11-20-15(22)17(19-16(20)23)6-2-1-3-7-17/h4-5,9H,1-3,6-8,10-12H2,(H,18,21)(H,19,23). The molecule has 1 aromatic rings. The summed E-state index contributed by atoms with van der Waals surface area (Å²) < 4.78 is 0. The van der Waals surface area contributed by atoms with E-state index in [4.69, 9.17) is 0 Å². The molecular formula is C17H23N3O3S2. The van der Waals surface area contributed by atoms with E-state index in [1.54, 1.807) is 23.1 Å². The topological polar surface area (TPSA) is 78.5 Å². The van der Waals surface area contributed by atoms with E-state index in [1.807, 2.05) is 6.07 Å². The van der Waals surface area contributed by atoms with Gasteiger partial charge in [-0.15, -0.1) is 11.3 Å². The lowest BCUT2D eigenvalue weighted by Crippen LogP contribution is -2.49. The molecule has 0 radical (unpaired) electrons. The van der Waals surface area contributed by atoms with Crippen LogP contribution in [0.2, 0.25) is 0 Å². The van der Waals surface area contributed by atoms with Crippen molar-refractivity contribution >= 4 is 40.9 Å². The molecule has 6 nitrogen and oxygen atoms in total. The Balaban J connectivity index is 1.40. The van der Waals surface area contributed by atoms with Crippen molar-refractivity contribution < 1.29 is 14.4 Å². The van der Waals surface area contributed by atoms with Crippen molar-refractivity contribution in [3.05, 3.63) is 22.4 Å². The smallest absolute Gasteiger partial charge is 0.325 e. The van der Waals surface area contributed by atoms with Gasteiger partial charge in [0.25, 0.3) is 5.91 Å². The average molecular weight is 382 g/mol. The predicted octanol–water partition coefficient (Wildman–Crippen LogP) is 2.35. The first-order valence-electron chi connectivity index (χ1n) is 8.62. The Morgan fingerprint density at radius 1 is 1.32 bits per heavy atom. The predicted molar refractivity (Wildman–Crippen MR) is 99.6 cm³/mol. The maximum atomic E-state index is 12.6. The summed E-state index contributed by atoms with van der Waals surface area (Å²) in [5.74, 6) is 1.21. The summed E-state index contributed by atoms with van der Waals surface area (Å²) in [7, 11) is 0. The molecule has 1 aliphatic heterocycles. The van der Waals surface area contributed by atoms with Gasteiger partial charge in [0.1, 0.15) is 12.1 Å². The van der Waals surface area contributed by atoms with Crippen LogP contribution in [0.5, 0.6) is 0 Å². The maximum absolute atomic E-state index is 12.6. The van der Waals surface area contributed by atoms with E-state index >= 15 is 0 Å². The molecule has 2 aliphatic rings. The first-order valence-corrected chi connectivity index (χ1v) is 10.7. The highest BCUT2D eigenvalue weighted by Gasteiger charge is 2.51. The van der Waals surface area contributed by atoms with Crippen LogP contribution in [0, 0.1) is 0 Å². The molecule has 2 heterocycles. The minimum Gasteiger partial charge on any atom is -0.354 e. The Bertz CT molecular complexity index is 627. The molecule has 1 saturated carbocycles. The molecule has 0 bridgehead atoms. The molecule has 25 heavy (non-hydrogen) atoms. The molecule has 8 heteroatoms. The van der Waals surface area contributed by atoms with Crippen LogP contribution in [0.1, 0.15) is 37.0 Å². The molecule has 1 saturated heterocycles. The van der Waals surface area contributed by atoms with Gasteiger partial charge in [-0.05, 0) is 24.3 Å². The summed E-state index contributed by atoms with van der Waals surface area (Å²) in [6.07, 6.45) is 4.32. The van der Waals surface area contributed by atoms with Gasteiger partial charge in [-0.2, -0.15) is 11.8 Å². The lowest BCUT2D eigenvalue weighted by molar-refractivity contribution is -0.135. The quantitative estimate of drug-likeness (QED) is 0.561. The molecular weight excluding hydrogens is 358 g/mol. The van der Waals surface area contributed by atoms with E-state index in [9.17, 15) is 14.4 Å². The molecule has 0 aromatic carbocycles. The highest BCUT2D eigenvalue weighted by molar-refractivity contribution is 7.98. The summed E-state index contributed by atoms with van der Waals surface area (Å²) in [6, 6.07) is 3.68. The van der Waals surface area contributed by atoms with Crippen molar-refractivity contribution in [1.29, 1.82) is 0 Å². The highest BCUT2D eigenvalue weighted by atomic mass is 32.2. The Morgan fingerprint density at radius 2 is 2.12 bits per heavy atom.